The average molecular weight is 1420 g/mol. The van der Waals surface area contributed by atoms with E-state index in [0.717, 1.165) is 23.3 Å². The number of carbonyl (C=O) groups excluding carboxylic acids is 6. The summed E-state index contributed by atoms with van der Waals surface area (Å²) in [5.74, 6) is -9.27. The molecule has 2 aromatic carbocycles. The lowest BCUT2D eigenvalue weighted by molar-refractivity contribution is -0.385. The average Bonchev–Trinajstić information content (AvgIpc) is 1.38. The Morgan fingerprint density at radius 2 is 1.28 bits per heavy atom. The van der Waals surface area contributed by atoms with Crippen LogP contribution in [0.1, 0.15) is 57.6 Å². The van der Waals surface area contributed by atoms with Gasteiger partial charge in [-0.25, -0.2) is 0 Å². The molecule has 37 heteroatoms. The van der Waals surface area contributed by atoms with Crippen LogP contribution < -0.4 is 52.6 Å². The first kappa shape index (κ1) is 76.8. The second-order valence-corrected chi connectivity index (χ2v) is 26.1. The minimum Gasteiger partial charge on any atom is -0.462 e. The topological polar surface area (TPSA) is 569 Å². The second kappa shape index (κ2) is 34.1. The van der Waals surface area contributed by atoms with Crippen LogP contribution in [0.5, 0.6) is 5.75 Å². The summed E-state index contributed by atoms with van der Waals surface area (Å²) in [5, 5.41) is 172. The number of aliphatic hydroxyl groups excluding tert-OH is 12. The molecule has 0 saturated carbocycles. The molecular formula is C63H92N12O25. The highest BCUT2D eigenvalue weighted by atomic mass is 16.8. The highest BCUT2D eigenvalue weighted by Gasteiger charge is 2.56. The maximum absolute atomic E-state index is 15.2. The van der Waals surface area contributed by atoms with E-state index in [0.29, 0.717) is 5.56 Å². The van der Waals surface area contributed by atoms with Crippen molar-refractivity contribution < 1.29 is 123 Å². The molecule has 7 fully saturated rings. The first-order valence-electron chi connectivity index (χ1n) is 32.9. The van der Waals surface area contributed by atoms with Gasteiger partial charge >= 0.3 is 0 Å². The maximum Gasteiger partial charge on any atom is 0.246 e. The minimum atomic E-state index is -2.35. The van der Waals surface area contributed by atoms with E-state index in [1.54, 1.807) is 37.3 Å². The van der Waals surface area contributed by atoms with Crippen LogP contribution >= 0.6 is 0 Å². The lowest BCUT2D eigenvalue weighted by atomic mass is 9.92. The predicted octanol–water partition coefficient (Wildman–Crippen LogP) is -9.42. The van der Waals surface area contributed by atoms with Gasteiger partial charge < -0.3 is 147 Å². The number of nitrogens with one attached hydrogen (secondary N) is 11. The number of ether oxygens (including phenoxy) is 7. The summed E-state index contributed by atoms with van der Waals surface area (Å²) in [6.07, 6.45) is -26.8. The quantitative estimate of drug-likeness (QED) is 0.0548. The normalized spacial score (nSPS) is 36.9. The summed E-state index contributed by atoms with van der Waals surface area (Å²) in [6, 6.07) is 0.968. The molecule has 0 spiro atoms. The first-order valence-corrected chi connectivity index (χ1v) is 32.9. The van der Waals surface area contributed by atoms with E-state index in [-0.39, 0.29) is 36.3 Å². The molecule has 7 saturated heterocycles. The summed E-state index contributed by atoms with van der Waals surface area (Å²) in [6.45, 7) is 2.89. The molecule has 100 heavy (non-hydrogen) atoms. The molecule has 2 aromatic rings. The molecule has 9 rings (SSSR count). The molecule has 0 radical (unpaired) electrons. The maximum atomic E-state index is 15.2. The van der Waals surface area contributed by atoms with Crippen molar-refractivity contribution in [2.24, 2.45) is 5.92 Å². The monoisotopic (exact) mass is 1420 g/mol. The van der Waals surface area contributed by atoms with Crippen molar-refractivity contribution in [2.75, 3.05) is 46.1 Å². The van der Waals surface area contributed by atoms with Crippen LogP contribution in [0.2, 0.25) is 0 Å². The molecule has 0 bridgehead atoms. The SMILES string of the molecule is CC(C)=CCCC(C)C1OCC2OC(OC3C(CO)OC(Oc4ccc(CC5NC(=O)C(C(C)c6ccccc6)NC(=O)CNC(=O)C(CO)NC(=O)C(C(O)C6CNC(=N)N6C6OC(CO)C(O)C(O)C6O)NC(=O)C(C(O)C6CNC(=N)N6)NC5=O)cc4)C(O)C3O)C(O)C(O)C2O1. The van der Waals surface area contributed by atoms with E-state index >= 15 is 9.59 Å². The van der Waals surface area contributed by atoms with E-state index in [2.05, 4.69) is 53.9 Å². The summed E-state index contributed by atoms with van der Waals surface area (Å²) < 4.78 is 41.5. The fraction of sp³-hybridized carbons (Fsp3) is 0.651. The molecule has 27 atom stereocenters. The van der Waals surface area contributed by atoms with Crippen LogP contribution in [-0.4, -0.2) is 312 Å². The number of rotatable bonds is 20. The number of benzene rings is 2. The van der Waals surface area contributed by atoms with E-state index in [1.807, 2.05) is 20.8 Å². The van der Waals surface area contributed by atoms with Crippen molar-refractivity contribution in [3.8, 4) is 5.75 Å². The van der Waals surface area contributed by atoms with Gasteiger partial charge in [-0.2, -0.15) is 0 Å². The largest absolute Gasteiger partial charge is 0.462 e. The minimum absolute atomic E-state index is 0.0430. The number of nitrogens with zero attached hydrogens (tertiary/aromatic N) is 1. The third-order valence-corrected chi connectivity index (χ3v) is 18.7. The summed E-state index contributed by atoms with van der Waals surface area (Å²) in [5.41, 5.74) is 1.89. The Bertz CT molecular complexity index is 3190. The Hall–Kier alpha value is -7.38. The molecule has 7 aliphatic heterocycles. The lowest BCUT2D eigenvalue weighted by Crippen LogP contribution is -2.69. The van der Waals surface area contributed by atoms with Gasteiger partial charge in [0.25, 0.3) is 0 Å². The van der Waals surface area contributed by atoms with Gasteiger partial charge in [-0.1, -0.05) is 68.0 Å². The lowest BCUT2D eigenvalue weighted by Gasteiger charge is -2.49. The van der Waals surface area contributed by atoms with Gasteiger partial charge in [0.05, 0.1) is 45.1 Å². The Morgan fingerprint density at radius 3 is 1.94 bits per heavy atom. The Labute approximate surface area is 573 Å². The summed E-state index contributed by atoms with van der Waals surface area (Å²) >= 11 is 0. The van der Waals surface area contributed by atoms with Crippen LogP contribution in [0.15, 0.2) is 66.2 Å². The fourth-order valence-corrected chi connectivity index (χ4v) is 12.9. The molecule has 7 heterocycles. The van der Waals surface area contributed by atoms with Crippen molar-refractivity contribution in [1.29, 1.82) is 10.8 Å². The number of allylic oxidation sites excluding steroid dienone is 2. The molecule has 0 aliphatic carbocycles. The van der Waals surface area contributed by atoms with Gasteiger partial charge in [0.1, 0.15) is 121 Å². The molecule has 6 amide bonds. The third kappa shape index (κ3) is 17.7. The van der Waals surface area contributed by atoms with Gasteiger partial charge in [-0.15, -0.1) is 0 Å². The molecule has 37 nitrogen and oxygen atoms in total. The van der Waals surface area contributed by atoms with Crippen molar-refractivity contribution in [3.05, 3.63) is 77.4 Å². The zero-order chi connectivity index (χ0) is 72.5. The van der Waals surface area contributed by atoms with Gasteiger partial charge in [-0.3, -0.25) is 39.6 Å². The number of fused-ring (bicyclic) bond motifs is 1. The Kier molecular flexibility index (Phi) is 26.2. The summed E-state index contributed by atoms with van der Waals surface area (Å²) in [7, 11) is 0. The van der Waals surface area contributed by atoms with E-state index < -0.39 is 239 Å². The number of hydrogen-bond donors (Lipinski definition) is 23. The molecule has 23 N–H and O–H groups in total. The standard InChI is InChI=1S/C63H92N12O25/c1-25(2)9-8-10-26(3)59-94-24-37-52(99-59)47(85)50(88)61(98-37)100-51-36(23-78)97-60(49(87)46(51)84)95-30-15-13-28(14-16-30)17-31-54(90)73-40(42(80)32-18-67-62(64)71-32)57(93)74-41(43(81)34-19-68-63(65)75(34)58-48(86)45(83)44(82)35(22-77)96-58)56(92)70-33(21-76)53(89)66-20-38(79)72-39(55(91)69-31)27(4)29-11-6-5-7-12-29/h5-7,9,11-16,26-27,31-37,39-52,58-61,76-78,80-88H,8,10,17-24H2,1-4H3,(H2,65,68)(H,66,89)(H,69,91)(H,70,92)(H,72,79)(H,73,90)(H,74,93)(H3,64,67,71). The molecule has 27 unspecified atom stereocenters. The molecule has 7 aliphatic rings. The van der Waals surface area contributed by atoms with Crippen LogP contribution in [0, 0.1) is 16.7 Å². The number of carbonyl (C=O) groups is 6. The number of guanidine groups is 2. The van der Waals surface area contributed by atoms with Crippen molar-refractivity contribution in [3.63, 3.8) is 0 Å². The number of aliphatic hydroxyl groups is 12. The van der Waals surface area contributed by atoms with E-state index in [1.165, 1.54) is 24.3 Å². The van der Waals surface area contributed by atoms with Crippen LogP contribution in [0.25, 0.3) is 0 Å². The third-order valence-electron chi connectivity index (χ3n) is 18.7. The van der Waals surface area contributed by atoms with Crippen molar-refractivity contribution in [2.45, 2.75) is 206 Å². The molecule has 554 valence electrons. The zero-order valence-corrected chi connectivity index (χ0v) is 55.1. The van der Waals surface area contributed by atoms with Gasteiger partial charge in [0.15, 0.2) is 30.7 Å². The zero-order valence-electron chi connectivity index (χ0n) is 55.1. The van der Waals surface area contributed by atoms with Crippen LogP contribution in [-0.2, 0) is 63.6 Å². The highest BCUT2D eigenvalue weighted by molar-refractivity contribution is 5.98. The Balaban J connectivity index is 0.972. The Morgan fingerprint density at radius 1 is 0.630 bits per heavy atom. The predicted molar refractivity (Wildman–Crippen MR) is 341 cm³/mol. The molecular weight excluding hydrogens is 1320 g/mol. The second-order valence-electron chi connectivity index (χ2n) is 26.1. The van der Waals surface area contributed by atoms with Gasteiger partial charge in [0.2, 0.25) is 41.7 Å². The van der Waals surface area contributed by atoms with E-state index in [4.69, 9.17) is 44.0 Å². The number of amides is 6. The number of hydrogen-bond acceptors (Lipinski definition) is 27. The van der Waals surface area contributed by atoms with Crippen LogP contribution in [0.4, 0.5) is 0 Å². The van der Waals surface area contributed by atoms with Crippen molar-refractivity contribution in [1.82, 2.24) is 52.8 Å². The van der Waals surface area contributed by atoms with Crippen molar-refractivity contribution >= 4 is 47.4 Å². The fourth-order valence-electron chi connectivity index (χ4n) is 12.9. The van der Waals surface area contributed by atoms with Gasteiger partial charge in [0, 0.05) is 31.3 Å². The molecule has 0 aromatic heterocycles. The summed E-state index contributed by atoms with van der Waals surface area (Å²) in [4.78, 5) is 88.3. The van der Waals surface area contributed by atoms with Crippen LogP contribution in [0.3, 0.4) is 0 Å². The first-order chi connectivity index (χ1) is 47.6. The highest BCUT2D eigenvalue weighted by Crippen LogP contribution is 2.36. The smallest absolute Gasteiger partial charge is 0.246 e. The van der Waals surface area contributed by atoms with Gasteiger partial charge in [-0.05, 0) is 49.9 Å². The van der Waals surface area contributed by atoms with E-state index in [9.17, 15) is 80.5 Å².